The van der Waals surface area contributed by atoms with Gasteiger partial charge in [0.15, 0.2) is 0 Å². The molecule has 1 unspecified atom stereocenters. The van der Waals surface area contributed by atoms with Crippen molar-refractivity contribution >= 4 is 22.6 Å². The van der Waals surface area contributed by atoms with Gasteiger partial charge in [-0.1, -0.05) is 42.5 Å². The number of carbonyl (C=O) groups excluding carboxylic acids is 1. The largest absolute Gasteiger partial charge is 0.480 e. The van der Waals surface area contributed by atoms with E-state index in [2.05, 4.69) is 0 Å². The Morgan fingerprint density at radius 3 is 2.68 bits per heavy atom. The maximum Gasteiger partial charge on any atom is 0.326 e. The summed E-state index contributed by atoms with van der Waals surface area (Å²) >= 11 is 0. The van der Waals surface area contributed by atoms with Crippen LogP contribution in [-0.2, 0) is 16.0 Å². The van der Waals surface area contributed by atoms with Crippen LogP contribution in [0.3, 0.4) is 0 Å². The maximum absolute atomic E-state index is 12.6. The normalized spacial score (nSPS) is 18.4. The first-order valence-electron chi connectivity index (χ1n) is 7.66. The predicted octanol–water partition coefficient (Wildman–Crippen LogP) is 2.85. The molecule has 114 valence electrons. The average molecular weight is 297 g/mol. The summed E-state index contributed by atoms with van der Waals surface area (Å²) in [6.07, 6.45) is 2.56. The minimum absolute atomic E-state index is 0.0940. The molecule has 1 saturated heterocycles. The van der Waals surface area contributed by atoms with Gasteiger partial charge in [-0.05, 0) is 35.6 Å². The Bertz CT molecular complexity index is 705. The zero-order valence-electron chi connectivity index (χ0n) is 12.4. The highest BCUT2D eigenvalue weighted by molar-refractivity contribution is 5.91. The van der Waals surface area contributed by atoms with Crippen molar-refractivity contribution < 1.29 is 14.7 Å². The summed E-state index contributed by atoms with van der Waals surface area (Å²) in [7, 11) is 0. The van der Waals surface area contributed by atoms with E-state index in [-0.39, 0.29) is 12.3 Å². The summed E-state index contributed by atoms with van der Waals surface area (Å²) in [6.45, 7) is 0.542. The number of amides is 1. The molecule has 0 aromatic heterocycles. The quantitative estimate of drug-likeness (QED) is 0.947. The molecule has 4 nitrogen and oxygen atoms in total. The van der Waals surface area contributed by atoms with Crippen molar-refractivity contribution in [1.29, 1.82) is 0 Å². The molecular formula is C18H19NO3. The van der Waals surface area contributed by atoms with Gasteiger partial charge in [-0.25, -0.2) is 4.79 Å². The minimum atomic E-state index is -0.897. The average Bonchev–Trinajstić information content (AvgIpc) is 2.55. The lowest BCUT2D eigenvalue weighted by molar-refractivity contribution is -0.151. The van der Waals surface area contributed by atoms with Crippen LogP contribution in [0.15, 0.2) is 42.5 Å². The molecule has 1 fully saturated rings. The second-order valence-corrected chi connectivity index (χ2v) is 5.75. The number of benzene rings is 2. The van der Waals surface area contributed by atoms with Crippen LogP contribution >= 0.6 is 0 Å². The van der Waals surface area contributed by atoms with Crippen LogP contribution in [-0.4, -0.2) is 34.5 Å². The Hall–Kier alpha value is -2.36. The number of carbonyl (C=O) groups is 2. The number of rotatable bonds is 3. The van der Waals surface area contributed by atoms with E-state index >= 15 is 0 Å². The van der Waals surface area contributed by atoms with Gasteiger partial charge in [-0.3, -0.25) is 4.79 Å². The van der Waals surface area contributed by atoms with Crippen molar-refractivity contribution in [1.82, 2.24) is 4.90 Å². The fourth-order valence-corrected chi connectivity index (χ4v) is 3.20. The number of likely N-dealkylation sites (tertiary alicyclic amines) is 1. The number of carboxylic acids is 1. The van der Waals surface area contributed by atoms with Crippen molar-refractivity contribution in [3.63, 3.8) is 0 Å². The van der Waals surface area contributed by atoms with E-state index in [1.807, 2.05) is 42.5 Å². The summed E-state index contributed by atoms with van der Waals surface area (Å²) in [5.41, 5.74) is 0.956. The van der Waals surface area contributed by atoms with Gasteiger partial charge in [-0.15, -0.1) is 0 Å². The highest BCUT2D eigenvalue weighted by Gasteiger charge is 2.31. The highest BCUT2D eigenvalue weighted by Crippen LogP contribution is 2.22. The number of nitrogens with zero attached hydrogens (tertiary/aromatic N) is 1. The van der Waals surface area contributed by atoms with Crippen molar-refractivity contribution in [2.24, 2.45) is 0 Å². The fourth-order valence-electron chi connectivity index (χ4n) is 3.20. The van der Waals surface area contributed by atoms with Crippen LogP contribution in [0.2, 0.25) is 0 Å². The molecule has 0 aliphatic carbocycles. The van der Waals surface area contributed by atoms with Crippen molar-refractivity contribution in [2.75, 3.05) is 6.54 Å². The molecule has 22 heavy (non-hydrogen) atoms. The van der Waals surface area contributed by atoms with Gasteiger partial charge >= 0.3 is 5.97 Å². The Balaban J connectivity index is 1.85. The zero-order chi connectivity index (χ0) is 15.5. The molecule has 1 atom stereocenters. The molecule has 1 aliphatic rings. The monoisotopic (exact) mass is 297 g/mol. The first kappa shape index (κ1) is 14.6. The van der Waals surface area contributed by atoms with Gasteiger partial charge in [0.05, 0.1) is 6.42 Å². The van der Waals surface area contributed by atoms with Crippen LogP contribution in [0.4, 0.5) is 0 Å². The molecule has 1 amide bonds. The summed E-state index contributed by atoms with van der Waals surface area (Å²) in [6, 6.07) is 13.2. The van der Waals surface area contributed by atoms with Gasteiger partial charge in [0.1, 0.15) is 6.04 Å². The molecule has 1 N–H and O–H groups in total. The van der Waals surface area contributed by atoms with Crippen molar-refractivity contribution in [2.45, 2.75) is 31.7 Å². The molecule has 0 radical (unpaired) electrons. The van der Waals surface area contributed by atoms with Gasteiger partial charge in [0, 0.05) is 6.54 Å². The lowest BCUT2D eigenvalue weighted by Gasteiger charge is -2.33. The third kappa shape index (κ3) is 2.82. The standard InChI is InChI=1S/C18H19NO3/c20-17(19-11-4-3-10-16(19)18(21)22)12-14-8-5-7-13-6-1-2-9-15(13)14/h1-2,5-9,16H,3-4,10-12H2,(H,21,22). The summed E-state index contributed by atoms with van der Waals surface area (Å²) in [5.74, 6) is -0.991. The minimum Gasteiger partial charge on any atom is -0.480 e. The molecular weight excluding hydrogens is 278 g/mol. The predicted molar refractivity (Wildman–Crippen MR) is 84.6 cm³/mol. The van der Waals surface area contributed by atoms with E-state index in [4.69, 9.17) is 0 Å². The van der Waals surface area contributed by atoms with E-state index in [1.165, 1.54) is 4.90 Å². The number of piperidine rings is 1. The number of hydrogen-bond acceptors (Lipinski definition) is 2. The van der Waals surface area contributed by atoms with E-state index < -0.39 is 12.0 Å². The van der Waals surface area contributed by atoms with Gasteiger partial charge < -0.3 is 10.0 Å². The van der Waals surface area contributed by atoms with E-state index in [9.17, 15) is 14.7 Å². The molecule has 2 aromatic rings. The molecule has 3 rings (SSSR count). The fraction of sp³-hybridized carbons (Fsp3) is 0.333. The van der Waals surface area contributed by atoms with Crippen LogP contribution < -0.4 is 0 Å². The van der Waals surface area contributed by atoms with Crippen LogP contribution in [0, 0.1) is 0 Å². The van der Waals surface area contributed by atoms with Crippen LogP contribution in [0.25, 0.3) is 10.8 Å². The Labute approximate surface area is 129 Å². The van der Waals surface area contributed by atoms with Crippen molar-refractivity contribution in [3.05, 3.63) is 48.0 Å². The maximum atomic E-state index is 12.6. The number of aliphatic carboxylic acids is 1. The summed E-state index contributed by atoms with van der Waals surface area (Å²) in [5, 5.41) is 11.5. The number of fused-ring (bicyclic) bond motifs is 1. The lowest BCUT2D eigenvalue weighted by atomic mass is 9.98. The molecule has 2 aromatic carbocycles. The SMILES string of the molecule is O=C(O)C1CCCCN1C(=O)Cc1cccc2ccccc12. The second kappa shape index (κ2) is 6.18. The summed E-state index contributed by atoms with van der Waals surface area (Å²) in [4.78, 5) is 25.5. The molecule has 4 heteroatoms. The Morgan fingerprint density at radius 1 is 1.09 bits per heavy atom. The molecule has 0 spiro atoms. The topological polar surface area (TPSA) is 57.6 Å². The van der Waals surface area contributed by atoms with E-state index in [1.54, 1.807) is 0 Å². The third-order valence-electron chi connectivity index (χ3n) is 4.33. The van der Waals surface area contributed by atoms with Gasteiger partial charge in [-0.2, -0.15) is 0 Å². The second-order valence-electron chi connectivity index (χ2n) is 5.75. The Kier molecular flexibility index (Phi) is 4.09. The number of hydrogen-bond donors (Lipinski definition) is 1. The van der Waals surface area contributed by atoms with E-state index in [0.29, 0.717) is 13.0 Å². The van der Waals surface area contributed by atoms with Gasteiger partial charge in [0.2, 0.25) is 5.91 Å². The van der Waals surface area contributed by atoms with Crippen LogP contribution in [0.5, 0.6) is 0 Å². The smallest absolute Gasteiger partial charge is 0.326 e. The first-order chi connectivity index (χ1) is 10.7. The molecule has 1 heterocycles. The third-order valence-corrected chi connectivity index (χ3v) is 4.33. The van der Waals surface area contributed by atoms with Crippen molar-refractivity contribution in [3.8, 4) is 0 Å². The number of carboxylic acid groups (broad SMARTS) is 1. The highest BCUT2D eigenvalue weighted by atomic mass is 16.4. The summed E-state index contributed by atoms with van der Waals surface area (Å²) < 4.78 is 0. The van der Waals surface area contributed by atoms with Gasteiger partial charge in [0.25, 0.3) is 0 Å². The lowest BCUT2D eigenvalue weighted by Crippen LogP contribution is -2.48. The zero-order valence-corrected chi connectivity index (χ0v) is 12.4. The Morgan fingerprint density at radius 2 is 1.86 bits per heavy atom. The van der Waals surface area contributed by atoms with Crippen LogP contribution in [0.1, 0.15) is 24.8 Å². The molecule has 1 aliphatic heterocycles. The first-order valence-corrected chi connectivity index (χ1v) is 7.66. The van der Waals surface area contributed by atoms with E-state index in [0.717, 1.165) is 29.2 Å². The molecule has 0 saturated carbocycles. The molecule has 0 bridgehead atoms.